The average molecular weight is 303 g/mol. The van der Waals surface area contributed by atoms with E-state index in [-0.39, 0.29) is 11.8 Å². The first-order valence-electron chi connectivity index (χ1n) is 7.57. The highest BCUT2D eigenvalue weighted by molar-refractivity contribution is 5.85. The van der Waals surface area contributed by atoms with Crippen LogP contribution in [0.25, 0.3) is 0 Å². The highest BCUT2D eigenvalue weighted by atomic mass is 16.4. The standard InChI is InChI=1S/C17H21NO4/c1-8-3-9(2)5-10(4-8)6-11-7-12-13(15(19)20)14(12)17(11,18)16(21)22/h3-5,11-14H,6-7,18H2,1-2H3,(H,19,20)(H,21,22). The van der Waals surface area contributed by atoms with Crippen LogP contribution in [0.1, 0.15) is 23.1 Å². The van der Waals surface area contributed by atoms with Crippen LogP contribution in [-0.2, 0) is 16.0 Å². The van der Waals surface area contributed by atoms with Crippen LogP contribution in [0.4, 0.5) is 0 Å². The minimum Gasteiger partial charge on any atom is -0.481 e. The Labute approximate surface area is 129 Å². The Morgan fingerprint density at radius 3 is 2.32 bits per heavy atom. The summed E-state index contributed by atoms with van der Waals surface area (Å²) in [6.45, 7) is 4.02. The third-order valence-corrected chi connectivity index (χ3v) is 5.37. The summed E-state index contributed by atoms with van der Waals surface area (Å²) < 4.78 is 0. The summed E-state index contributed by atoms with van der Waals surface area (Å²) in [5, 5.41) is 18.8. The van der Waals surface area contributed by atoms with Crippen molar-refractivity contribution in [1.29, 1.82) is 0 Å². The van der Waals surface area contributed by atoms with E-state index in [1.807, 2.05) is 26.0 Å². The van der Waals surface area contributed by atoms with Gasteiger partial charge in [0.05, 0.1) is 5.92 Å². The summed E-state index contributed by atoms with van der Waals surface area (Å²) in [7, 11) is 0. The maximum Gasteiger partial charge on any atom is 0.324 e. The predicted octanol–water partition coefficient (Wildman–Crippen LogP) is 1.59. The Bertz CT molecular complexity index is 636. The van der Waals surface area contributed by atoms with Gasteiger partial charge in [0.2, 0.25) is 0 Å². The molecule has 0 bridgehead atoms. The molecular weight excluding hydrogens is 282 g/mol. The average Bonchev–Trinajstić information content (AvgIpc) is 3.03. The lowest BCUT2D eigenvalue weighted by atomic mass is 9.78. The Kier molecular flexibility index (Phi) is 3.29. The van der Waals surface area contributed by atoms with E-state index in [4.69, 9.17) is 5.73 Å². The van der Waals surface area contributed by atoms with E-state index >= 15 is 0 Å². The molecule has 2 saturated carbocycles. The Morgan fingerprint density at radius 1 is 1.23 bits per heavy atom. The minimum atomic E-state index is -1.43. The van der Waals surface area contributed by atoms with Gasteiger partial charge in [-0.1, -0.05) is 29.3 Å². The molecule has 4 N–H and O–H groups in total. The van der Waals surface area contributed by atoms with E-state index < -0.39 is 29.3 Å². The number of fused-ring (bicyclic) bond motifs is 1. The lowest BCUT2D eigenvalue weighted by Crippen LogP contribution is -2.55. The lowest BCUT2D eigenvalue weighted by molar-refractivity contribution is -0.147. The van der Waals surface area contributed by atoms with Crippen LogP contribution in [-0.4, -0.2) is 27.7 Å². The van der Waals surface area contributed by atoms with Gasteiger partial charge in [-0.05, 0) is 44.1 Å². The van der Waals surface area contributed by atoms with Gasteiger partial charge < -0.3 is 15.9 Å². The van der Waals surface area contributed by atoms with Crippen molar-refractivity contribution < 1.29 is 19.8 Å². The zero-order valence-corrected chi connectivity index (χ0v) is 12.7. The quantitative estimate of drug-likeness (QED) is 0.784. The summed E-state index contributed by atoms with van der Waals surface area (Å²) >= 11 is 0. The molecule has 0 amide bonds. The van der Waals surface area contributed by atoms with Gasteiger partial charge in [-0.3, -0.25) is 9.59 Å². The van der Waals surface area contributed by atoms with Crippen LogP contribution in [0.3, 0.4) is 0 Å². The van der Waals surface area contributed by atoms with Crippen molar-refractivity contribution >= 4 is 11.9 Å². The Hall–Kier alpha value is -1.88. The van der Waals surface area contributed by atoms with Crippen molar-refractivity contribution in [3.8, 4) is 0 Å². The number of nitrogens with two attached hydrogens (primary N) is 1. The minimum absolute atomic E-state index is 0.0884. The van der Waals surface area contributed by atoms with Gasteiger partial charge in [-0.25, -0.2) is 0 Å². The van der Waals surface area contributed by atoms with Gasteiger partial charge in [0.15, 0.2) is 0 Å². The van der Waals surface area contributed by atoms with Crippen LogP contribution in [0, 0.1) is 37.5 Å². The monoisotopic (exact) mass is 303 g/mol. The number of hydrogen-bond acceptors (Lipinski definition) is 3. The zero-order chi connectivity index (χ0) is 16.2. The summed E-state index contributed by atoms with van der Waals surface area (Å²) in [5.41, 5.74) is 8.15. The molecule has 5 nitrogen and oxygen atoms in total. The fraction of sp³-hybridized carbons (Fsp3) is 0.529. The van der Waals surface area contributed by atoms with Crippen molar-refractivity contribution in [2.45, 2.75) is 32.2 Å². The first-order chi connectivity index (χ1) is 10.2. The second-order valence-corrected chi connectivity index (χ2v) is 6.92. The molecule has 0 radical (unpaired) electrons. The number of aryl methyl sites for hydroxylation is 2. The molecule has 0 aliphatic heterocycles. The number of aliphatic carboxylic acids is 2. The van der Waals surface area contributed by atoms with Crippen molar-refractivity contribution in [3.63, 3.8) is 0 Å². The second-order valence-electron chi connectivity index (χ2n) is 6.92. The molecule has 118 valence electrons. The highest BCUT2D eigenvalue weighted by Crippen LogP contribution is 2.64. The third-order valence-electron chi connectivity index (χ3n) is 5.37. The second kappa shape index (κ2) is 4.81. The molecule has 0 heterocycles. The van der Waals surface area contributed by atoms with Gasteiger partial charge in [-0.15, -0.1) is 0 Å². The summed E-state index contributed by atoms with van der Waals surface area (Å²) in [5.74, 6) is -3.31. The SMILES string of the molecule is Cc1cc(C)cc(CC2CC3C(C(=O)O)C3C2(N)C(=O)O)c1. The largest absolute Gasteiger partial charge is 0.481 e. The smallest absolute Gasteiger partial charge is 0.324 e. The van der Waals surface area contributed by atoms with Crippen LogP contribution in [0.5, 0.6) is 0 Å². The van der Waals surface area contributed by atoms with Crippen molar-refractivity contribution in [2.24, 2.45) is 29.4 Å². The van der Waals surface area contributed by atoms with Gasteiger partial charge in [0.25, 0.3) is 0 Å². The lowest BCUT2D eigenvalue weighted by Gasteiger charge is -2.31. The molecule has 5 atom stereocenters. The summed E-state index contributed by atoms with van der Waals surface area (Å²) in [6, 6.07) is 6.17. The molecule has 0 saturated heterocycles. The Morgan fingerprint density at radius 2 is 1.82 bits per heavy atom. The van der Waals surface area contributed by atoms with Crippen LogP contribution < -0.4 is 5.73 Å². The molecule has 0 spiro atoms. The van der Waals surface area contributed by atoms with Crippen molar-refractivity contribution in [3.05, 3.63) is 34.9 Å². The number of hydrogen-bond donors (Lipinski definition) is 3. The van der Waals surface area contributed by atoms with Crippen LogP contribution >= 0.6 is 0 Å². The van der Waals surface area contributed by atoms with Gasteiger partial charge in [0.1, 0.15) is 5.54 Å². The van der Waals surface area contributed by atoms with E-state index in [1.54, 1.807) is 0 Å². The summed E-state index contributed by atoms with van der Waals surface area (Å²) in [6.07, 6.45) is 1.17. The molecular formula is C17H21NO4. The van der Waals surface area contributed by atoms with E-state index in [0.29, 0.717) is 12.8 Å². The van der Waals surface area contributed by atoms with Crippen LogP contribution in [0.15, 0.2) is 18.2 Å². The van der Waals surface area contributed by atoms with E-state index in [0.717, 1.165) is 16.7 Å². The van der Waals surface area contributed by atoms with E-state index in [1.165, 1.54) is 0 Å². The molecule has 22 heavy (non-hydrogen) atoms. The molecule has 0 aromatic heterocycles. The molecule has 1 aromatic carbocycles. The zero-order valence-electron chi connectivity index (χ0n) is 12.7. The maximum atomic E-state index is 11.7. The molecule has 2 aliphatic rings. The molecule has 1 aromatic rings. The fourth-order valence-corrected chi connectivity index (χ4v) is 4.49. The van der Waals surface area contributed by atoms with Crippen molar-refractivity contribution in [2.75, 3.05) is 0 Å². The first-order valence-corrected chi connectivity index (χ1v) is 7.57. The van der Waals surface area contributed by atoms with Gasteiger partial charge in [0, 0.05) is 5.92 Å². The van der Waals surface area contributed by atoms with Crippen molar-refractivity contribution in [1.82, 2.24) is 0 Å². The number of carboxylic acids is 2. The molecule has 5 unspecified atom stereocenters. The topological polar surface area (TPSA) is 101 Å². The normalized spacial score (nSPS) is 36.0. The van der Waals surface area contributed by atoms with Gasteiger partial charge in [-0.2, -0.15) is 0 Å². The molecule has 5 heteroatoms. The third kappa shape index (κ3) is 2.11. The highest BCUT2D eigenvalue weighted by Gasteiger charge is 2.73. The van der Waals surface area contributed by atoms with Crippen LogP contribution in [0.2, 0.25) is 0 Å². The first kappa shape index (κ1) is 15.0. The number of carbonyl (C=O) groups is 2. The Balaban J connectivity index is 1.86. The number of benzene rings is 1. The molecule has 2 aliphatic carbocycles. The van der Waals surface area contributed by atoms with E-state index in [2.05, 4.69) is 6.07 Å². The number of rotatable bonds is 4. The maximum absolute atomic E-state index is 11.7. The number of carboxylic acid groups (broad SMARTS) is 2. The summed E-state index contributed by atoms with van der Waals surface area (Å²) in [4.78, 5) is 22.9. The van der Waals surface area contributed by atoms with E-state index in [9.17, 15) is 19.8 Å². The molecule has 3 rings (SSSR count). The predicted molar refractivity (Wildman–Crippen MR) is 80.4 cm³/mol. The molecule has 2 fully saturated rings. The van der Waals surface area contributed by atoms with Gasteiger partial charge >= 0.3 is 11.9 Å². The fourth-order valence-electron chi connectivity index (χ4n) is 4.49.